The summed E-state index contributed by atoms with van der Waals surface area (Å²) < 4.78 is 0. The smallest absolute Gasteiger partial charge is 0.255 e. The van der Waals surface area contributed by atoms with Crippen molar-refractivity contribution in [2.45, 2.75) is 123 Å². The van der Waals surface area contributed by atoms with Crippen molar-refractivity contribution in [3.63, 3.8) is 0 Å². The second kappa shape index (κ2) is 23.8. The summed E-state index contributed by atoms with van der Waals surface area (Å²) in [5.41, 5.74) is 7.36. The number of aliphatic hydroxyl groups excluding tert-OH is 6. The quantitative estimate of drug-likeness (QED) is 0.139. The Morgan fingerprint density at radius 1 is 0.374 bits per heavy atom. The molecule has 0 spiro atoms. The van der Waals surface area contributed by atoms with Crippen molar-refractivity contribution in [1.29, 1.82) is 0 Å². The van der Waals surface area contributed by atoms with Gasteiger partial charge in [-0.05, 0) is 89.7 Å². The number of hydrogen-bond acceptors (Lipinski definition) is 21. The van der Waals surface area contributed by atoms with Crippen LogP contribution >= 0.6 is 0 Å². The maximum absolute atomic E-state index is 13.4. The van der Waals surface area contributed by atoms with Crippen LogP contribution in [-0.4, -0.2) is 131 Å². The van der Waals surface area contributed by atoms with E-state index in [1.165, 1.54) is 39.0 Å². The summed E-state index contributed by atoms with van der Waals surface area (Å²) in [6.45, 7) is 17.9. The first-order chi connectivity index (χ1) is 42.6. The average Bonchev–Trinajstić information content (AvgIpc) is 0.722. The minimum absolute atomic E-state index is 0.0974. The number of phenols is 3. The molecule has 18 N–H and O–H groups in total. The highest BCUT2D eigenvalue weighted by atomic mass is 16.4. The molecule has 3 aromatic carbocycles. The van der Waals surface area contributed by atoms with E-state index in [2.05, 4.69) is 0 Å². The van der Waals surface area contributed by atoms with Gasteiger partial charge in [0, 0.05) is 52.2 Å². The van der Waals surface area contributed by atoms with Gasteiger partial charge in [0.1, 0.15) is 68.5 Å². The summed E-state index contributed by atoms with van der Waals surface area (Å²) in [7, 11) is 0. The molecular weight excluding hydrogens is 1180 g/mol. The molecule has 484 valence electrons. The Labute approximate surface area is 521 Å². The van der Waals surface area contributed by atoms with Gasteiger partial charge in [-0.1, -0.05) is 106 Å². The fourth-order valence-corrected chi connectivity index (χ4v) is 15.6. The van der Waals surface area contributed by atoms with Gasteiger partial charge in [0.15, 0.2) is 34.2 Å². The molecule has 91 heavy (non-hydrogen) atoms. The minimum atomic E-state index is -2.56. The van der Waals surface area contributed by atoms with Crippen molar-refractivity contribution in [3.05, 3.63) is 139 Å². The van der Waals surface area contributed by atoms with Gasteiger partial charge in [-0.15, -0.1) is 0 Å². The highest BCUT2D eigenvalue weighted by Gasteiger charge is 2.67. The van der Waals surface area contributed by atoms with E-state index in [4.69, 9.17) is 17.2 Å². The van der Waals surface area contributed by atoms with Crippen LogP contribution in [0.3, 0.4) is 0 Å². The third kappa shape index (κ3) is 9.37. The van der Waals surface area contributed by atoms with E-state index in [-0.39, 0.29) is 87.7 Å². The van der Waals surface area contributed by atoms with E-state index in [1.807, 2.05) is 48.5 Å². The lowest BCUT2D eigenvalue weighted by atomic mass is 9.54. The number of Topliss-reactive ketones (excluding diaryl/α,β-unsaturated/α-hetero) is 6. The summed E-state index contributed by atoms with van der Waals surface area (Å²) >= 11 is 0. The van der Waals surface area contributed by atoms with Gasteiger partial charge in [0.05, 0.1) is 16.7 Å². The van der Waals surface area contributed by atoms with Gasteiger partial charge >= 0.3 is 0 Å². The molecule has 24 nitrogen and oxygen atoms in total. The van der Waals surface area contributed by atoms with Crippen LogP contribution in [0.15, 0.2) is 105 Å². The number of fused-ring (bicyclic) bond motifs is 9. The number of rotatable bonds is 3. The maximum atomic E-state index is 13.4. The predicted molar refractivity (Wildman–Crippen MR) is 325 cm³/mol. The largest absolute Gasteiger partial charge is 0.508 e. The van der Waals surface area contributed by atoms with E-state index in [1.54, 1.807) is 36.4 Å². The lowest BCUT2D eigenvalue weighted by Crippen LogP contribution is -2.61. The molecule has 0 aliphatic heterocycles. The summed E-state index contributed by atoms with van der Waals surface area (Å²) in [5, 5.41) is 129. The van der Waals surface area contributed by atoms with Crippen LogP contribution in [-0.2, 0) is 43.2 Å². The molecule has 9 aliphatic carbocycles. The number of ketones is 6. The standard InChI is InChI=1S/3C21H21NO7.2C2H6/c3*1-7-9-4-3-5-12(23)13(9)17(25)14-10(7)6-11-8(2)16(24)15(20(22)28)19(27)21(11,29)18(14)26;2*1-2/h3*3-5,7-8,10-11,23,25,27,29H,6H2,1-2H3,(H2,22,28);2*1-2H3/t3*7-,8-,10+,11-,21-;;/m000../s1. The topological polar surface area (TPSA) is 474 Å². The lowest BCUT2D eigenvalue weighted by Gasteiger charge is -2.49. The van der Waals surface area contributed by atoms with E-state index < -0.39 is 174 Å². The summed E-state index contributed by atoms with van der Waals surface area (Å²) in [6, 6.07) is 14.2. The number of carbonyl (C=O) groups is 9. The summed E-state index contributed by atoms with van der Waals surface area (Å²) in [6.07, 6.45) is 0.336. The van der Waals surface area contributed by atoms with E-state index in [9.17, 15) is 104 Å². The van der Waals surface area contributed by atoms with Crippen molar-refractivity contribution in [2.24, 2.45) is 70.5 Å². The molecule has 0 aromatic heterocycles. The molecule has 0 saturated heterocycles. The number of primary amides is 3. The Morgan fingerprint density at radius 2 is 0.582 bits per heavy atom. The lowest BCUT2D eigenvalue weighted by molar-refractivity contribution is -0.154. The van der Waals surface area contributed by atoms with Crippen molar-refractivity contribution in [2.75, 3.05) is 0 Å². The molecule has 12 rings (SSSR count). The molecule has 3 fully saturated rings. The fourth-order valence-electron chi connectivity index (χ4n) is 15.6. The highest BCUT2D eigenvalue weighted by molar-refractivity contribution is 6.26. The van der Waals surface area contributed by atoms with Crippen LogP contribution in [0.4, 0.5) is 0 Å². The second-order valence-electron chi connectivity index (χ2n) is 24.2. The summed E-state index contributed by atoms with van der Waals surface area (Å²) in [5.74, 6) is -22.5. The Balaban J connectivity index is 0.000000171. The first-order valence-electron chi connectivity index (χ1n) is 30.0. The van der Waals surface area contributed by atoms with Gasteiger partial charge in [-0.2, -0.15) is 0 Å². The Morgan fingerprint density at radius 3 is 0.780 bits per heavy atom. The molecule has 0 radical (unpaired) electrons. The number of amides is 3. The Kier molecular flexibility index (Phi) is 17.6. The fraction of sp³-hybridized carbons (Fsp3) is 0.418. The first kappa shape index (κ1) is 67.5. The van der Waals surface area contributed by atoms with E-state index in [0.29, 0.717) is 16.7 Å². The third-order valence-corrected chi connectivity index (χ3v) is 20.3. The van der Waals surface area contributed by atoms with Crippen LogP contribution < -0.4 is 17.2 Å². The van der Waals surface area contributed by atoms with E-state index in [0.717, 1.165) is 0 Å². The van der Waals surface area contributed by atoms with Gasteiger partial charge in [-0.3, -0.25) is 43.2 Å². The third-order valence-electron chi connectivity index (χ3n) is 20.3. The summed E-state index contributed by atoms with van der Waals surface area (Å²) in [4.78, 5) is 113. The molecule has 9 aliphatic rings. The predicted octanol–water partition coefficient (Wildman–Crippen LogP) is 5.75. The van der Waals surface area contributed by atoms with Crippen molar-refractivity contribution >= 4 is 69.7 Å². The molecule has 0 heterocycles. The molecule has 3 aromatic rings. The highest BCUT2D eigenvalue weighted by Crippen LogP contribution is 2.60. The van der Waals surface area contributed by atoms with E-state index >= 15 is 0 Å². The number of nitrogens with two attached hydrogens (primary N) is 3. The molecule has 0 unspecified atom stereocenters. The average molecular weight is 1260 g/mol. The Hall–Kier alpha value is -9.39. The zero-order valence-corrected chi connectivity index (χ0v) is 51.5. The molecule has 3 saturated carbocycles. The minimum Gasteiger partial charge on any atom is -0.508 e. The zero-order chi connectivity index (χ0) is 68.2. The van der Waals surface area contributed by atoms with Gasteiger partial charge < -0.3 is 78.5 Å². The second-order valence-corrected chi connectivity index (χ2v) is 24.2. The van der Waals surface area contributed by atoms with Crippen LogP contribution in [0.25, 0.3) is 17.3 Å². The van der Waals surface area contributed by atoms with Crippen LogP contribution in [0.5, 0.6) is 17.2 Å². The number of phenolic OH excluding ortho intramolecular Hbond substituents is 3. The Bertz CT molecular complexity index is 3560. The monoisotopic (exact) mass is 1260 g/mol. The first-order valence-corrected chi connectivity index (χ1v) is 30.0. The van der Waals surface area contributed by atoms with Crippen molar-refractivity contribution in [3.8, 4) is 17.2 Å². The molecule has 15 atom stereocenters. The molecular formula is C67H75N3O21. The maximum Gasteiger partial charge on any atom is 0.255 e. The van der Waals surface area contributed by atoms with Gasteiger partial charge in [0.2, 0.25) is 17.3 Å². The molecule has 3 amide bonds. The molecule has 24 heteroatoms. The van der Waals surface area contributed by atoms with Crippen molar-refractivity contribution in [1.82, 2.24) is 0 Å². The van der Waals surface area contributed by atoms with Crippen LogP contribution in [0, 0.1) is 53.3 Å². The number of benzene rings is 3. The zero-order valence-electron chi connectivity index (χ0n) is 51.5. The number of carbonyl (C=O) groups excluding carboxylic acids is 9. The van der Waals surface area contributed by atoms with Crippen molar-refractivity contribution < 1.29 is 104 Å². The normalized spacial score (nSPS) is 32.5. The van der Waals surface area contributed by atoms with Crippen LogP contribution in [0.2, 0.25) is 0 Å². The molecule has 0 bridgehead atoms. The van der Waals surface area contributed by atoms with Crippen LogP contribution in [0.1, 0.15) is 140 Å². The number of aliphatic hydroxyl groups is 9. The number of aromatic hydroxyl groups is 3. The SMILES string of the molecule is CC.CC.C[C@@H]1C(=O)C(C(N)=O)=C(O)[C@@]2(O)C(=O)C3=C(O)c4c(O)cccc4[C@H](C)[C@H]3C[C@@H]12.C[C@@H]1C(=O)C(C(N)=O)=C(O)[C@@]2(O)C(=O)C3=C(O)c4c(O)cccc4[C@H](C)[C@H]3C[C@@H]12.C[C@@H]1C(=O)C(C(N)=O)=C(O)[C@@]2(O)C(=O)C3=C(O)c4c(O)cccc4[C@H](C)[C@H]3C[C@@H]12. The van der Waals surface area contributed by atoms with Gasteiger partial charge in [-0.25, -0.2) is 0 Å². The number of hydrogen-bond donors (Lipinski definition) is 15. The van der Waals surface area contributed by atoms with Gasteiger partial charge in [0.25, 0.3) is 17.7 Å².